The van der Waals surface area contributed by atoms with Crippen LogP contribution < -0.4 is 5.32 Å². The van der Waals surface area contributed by atoms with Crippen molar-refractivity contribution in [3.63, 3.8) is 0 Å². The highest BCUT2D eigenvalue weighted by molar-refractivity contribution is 7.59. The van der Waals surface area contributed by atoms with E-state index in [1.807, 2.05) is 60.7 Å². The van der Waals surface area contributed by atoms with Crippen LogP contribution >= 0.6 is 13.5 Å². The van der Waals surface area contributed by atoms with Gasteiger partial charge in [0.15, 0.2) is 0 Å². The third-order valence-corrected chi connectivity index (χ3v) is 3.16. The second kappa shape index (κ2) is 9.21. The van der Waals surface area contributed by atoms with Crippen molar-refractivity contribution in [2.24, 2.45) is 0 Å². The molecule has 1 atom stereocenters. The summed E-state index contributed by atoms with van der Waals surface area (Å²) in [5.74, 6) is -0.232. The fraction of sp³-hybridized carbons (Fsp3) is 0.235. The maximum atomic E-state index is 11.9. The number of methoxy groups -OCH3 is 1. The van der Waals surface area contributed by atoms with Gasteiger partial charge in [-0.1, -0.05) is 60.7 Å². The highest BCUT2D eigenvalue weighted by Crippen LogP contribution is 2.06. The van der Waals surface area contributed by atoms with E-state index >= 15 is 0 Å². The summed E-state index contributed by atoms with van der Waals surface area (Å²) in [7, 11) is 1.42. The molecule has 0 saturated heterocycles. The average molecular weight is 303 g/mol. The van der Waals surface area contributed by atoms with Gasteiger partial charge in [-0.2, -0.15) is 13.5 Å². The number of carbonyl (C=O) groups is 1. The normalized spacial score (nSPS) is 11.3. The summed E-state index contributed by atoms with van der Waals surface area (Å²) in [5, 5.41) is 3.26. The molecule has 0 aliphatic heterocycles. The van der Waals surface area contributed by atoms with Crippen LogP contribution in [0, 0.1) is 0 Å². The van der Waals surface area contributed by atoms with E-state index in [2.05, 4.69) is 5.32 Å². The fourth-order valence-electron chi connectivity index (χ4n) is 2.07. The Hall–Kier alpha value is -1.78. The van der Waals surface area contributed by atoms with E-state index in [4.69, 9.17) is 4.74 Å². The summed E-state index contributed by atoms with van der Waals surface area (Å²) in [4.78, 5) is 11.9. The van der Waals surface area contributed by atoms with Crippen LogP contribution in [-0.2, 0) is 22.5 Å². The molecule has 0 bridgehead atoms. The Bertz CT molecular complexity index is 531. The van der Waals surface area contributed by atoms with Crippen molar-refractivity contribution in [1.82, 2.24) is 5.32 Å². The lowest BCUT2D eigenvalue weighted by Crippen LogP contribution is -2.39. The van der Waals surface area contributed by atoms with E-state index < -0.39 is 0 Å². The van der Waals surface area contributed by atoms with Gasteiger partial charge >= 0.3 is 5.97 Å². The first-order valence-corrected chi connectivity index (χ1v) is 6.68. The number of hydrogen-bond donors (Lipinski definition) is 1. The molecule has 21 heavy (non-hydrogen) atoms. The Kier molecular flexibility index (Phi) is 7.58. The molecule has 0 fully saturated rings. The van der Waals surface area contributed by atoms with Crippen LogP contribution in [0.15, 0.2) is 60.7 Å². The lowest BCUT2D eigenvalue weighted by atomic mass is 10.1. The number of benzene rings is 2. The molecule has 0 amide bonds. The Morgan fingerprint density at radius 2 is 1.52 bits per heavy atom. The quantitative estimate of drug-likeness (QED) is 0.834. The molecule has 0 spiro atoms. The molecule has 1 N–H and O–H groups in total. The molecule has 4 heteroatoms. The Morgan fingerprint density at radius 3 is 2.05 bits per heavy atom. The lowest BCUT2D eigenvalue weighted by Gasteiger charge is -2.16. The van der Waals surface area contributed by atoms with E-state index in [1.165, 1.54) is 7.11 Å². The van der Waals surface area contributed by atoms with Gasteiger partial charge in [-0.15, -0.1) is 0 Å². The van der Waals surface area contributed by atoms with Crippen LogP contribution in [0.5, 0.6) is 0 Å². The summed E-state index contributed by atoms with van der Waals surface area (Å²) in [6.45, 7) is 0.646. The Morgan fingerprint density at radius 1 is 1.00 bits per heavy atom. The maximum Gasteiger partial charge on any atom is 0.323 e. The predicted molar refractivity (Wildman–Crippen MR) is 89.6 cm³/mol. The topological polar surface area (TPSA) is 38.3 Å². The number of rotatable bonds is 6. The molecule has 0 radical (unpaired) electrons. The Balaban J connectivity index is 0.00000220. The standard InChI is InChI=1S/C17H19NO2.H2S/c1-20-17(19)16(12-14-8-4-2-5-9-14)18-13-15-10-6-3-7-11-15;/h2-11,16,18H,12-13H2,1H3;1H2/t16-;/m0./s1. The molecule has 3 nitrogen and oxygen atoms in total. The van der Waals surface area contributed by atoms with Crippen molar-refractivity contribution < 1.29 is 9.53 Å². The third-order valence-electron chi connectivity index (χ3n) is 3.16. The summed E-state index contributed by atoms with van der Waals surface area (Å²) in [6.07, 6.45) is 0.625. The zero-order valence-corrected chi connectivity index (χ0v) is 13.1. The number of hydrogen-bond acceptors (Lipinski definition) is 3. The van der Waals surface area contributed by atoms with Crippen LogP contribution in [0.4, 0.5) is 0 Å². The molecule has 2 rings (SSSR count). The second-order valence-corrected chi connectivity index (χ2v) is 4.63. The van der Waals surface area contributed by atoms with Gasteiger partial charge in [0, 0.05) is 6.54 Å². The molecular formula is C17H21NO2S. The maximum absolute atomic E-state index is 11.9. The van der Waals surface area contributed by atoms with Crippen LogP contribution in [0.25, 0.3) is 0 Å². The number of esters is 1. The number of carbonyl (C=O) groups excluding carboxylic acids is 1. The first-order chi connectivity index (χ1) is 9.79. The largest absolute Gasteiger partial charge is 0.468 e. The monoisotopic (exact) mass is 303 g/mol. The van der Waals surface area contributed by atoms with Crippen molar-refractivity contribution in [1.29, 1.82) is 0 Å². The van der Waals surface area contributed by atoms with Crippen molar-refractivity contribution in [3.8, 4) is 0 Å². The van der Waals surface area contributed by atoms with E-state index in [-0.39, 0.29) is 25.5 Å². The van der Waals surface area contributed by atoms with E-state index in [9.17, 15) is 4.79 Å². The second-order valence-electron chi connectivity index (χ2n) is 4.63. The first-order valence-electron chi connectivity index (χ1n) is 6.68. The van der Waals surface area contributed by atoms with Gasteiger partial charge < -0.3 is 10.1 Å². The molecule has 0 aliphatic carbocycles. The van der Waals surface area contributed by atoms with Crippen molar-refractivity contribution in [3.05, 3.63) is 71.8 Å². The minimum atomic E-state index is -0.331. The molecule has 0 heterocycles. The van der Waals surface area contributed by atoms with Crippen molar-refractivity contribution in [2.75, 3.05) is 7.11 Å². The van der Waals surface area contributed by atoms with E-state index in [1.54, 1.807) is 0 Å². The van der Waals surface area contributed by atoms with Crippen LogP contribution in [-0.4, -0.2) is 19.1 Å². The van der Waals surface area contributed by atoms with Gasteiger partial charge in [0.1, 0.15) is 6.04 Å². The molecule has 112 valence electrons. The van der Waals surface area contributed by atoms with E-state index in [0.29, 0.717) is 13.0 Å². The fourth-order valence-corrected chi connectivity index (χ4v) is 2.07. The summed E-state index contributed by atoms with van der Waals surface area (Å²) in [6, 6.07) is 19.6. The molecule has 0 unspecified atom stereocenters. The van der Waals surface area contributed by atoms with Crippen LogP contribution in [0.1, 0.15) is 11.1 Å². The Labute approximate surface area is 132 Å². The molecule has 2 aromatic carbocycles. The minimum Gasteiger partial charge on any atom is -0.468 e. The number of nitrogens with one attached hydrogen (secondary N) is 1. The van der Waals surface area contributed by atoms with Gasteiger partial charge in [0.05, 0.1) is 7.11 Å². The highest BCUT2D eigenvalue weighted by Gasteiger charge is 2.18. The lowest BCUT2D eigenvalue weighted by molar-refractivity contribution is -0.143. The zero-order chi connectivity index (χ0) is 14.2. The summed E-state index contributed by atoms with van der Waals surface area (Å²) in [5.41, 5.74) is 2.26. The third kappa shape index (κ3) is 5.61. The van der Waals surface area contributed by atoms with Gasteiger partial charge in [0.2, 0.25) is 0 Å². The van der Waals surface area contributed by atoms with Crippen LogP contribution in [0.2, 0.25) is 0 Å². The van der Waals surface area contributed by atoms with Crippen LogP contribution in [0.3, 0.4) is 0 Å². The zero-order valence-electron chi connectivity index (χ0n) is 12.1. The first kappa shape index (κ1) is 17.3. The molecule has 2 aromatic rings. The number of ether oxygens (including phenoxy) is 1. The summed E-state index contributed by atoms with van der Waals surface area (Å²) < 4.78 is 4.87. The molecule has 0 aromatic heterocycles. The summed E-state index contributed by atoms with van der Waals surface area (Å²) >= 11 is 0. The molecule has 0 saturated carbocycles. The average Bonchev–Trinajstić information content (AvgIpc) is 2.52. The predicted octanol–water partition coefficient (Wildman–Crippen LogP) is 2.67. The van der Waals surface area contributed by atoms with Crippen molar-refractivity contribution >= 4 is 19.5 Å². The van der Waals surface area contributed by atoms with Gasteiger partial charge in [-0.25, -0.2) is 0 Å². The highest BCUT2D eigenvalue weighted by atomic mass is 32.1. The van der Waals surface area contributed by atoms with Gasteiger partial charge in [0.25, 0.3) is 0 Å². The minimum absolute atomic E-state index is 0. The molecular weight excluding hydrogens is 282 g/mol. The van der Waals surface area contributed by atoms with Gasteiger partial charge in [-0.3, -0.25) is 4.79 Å². The van der Waals surface area contributed by atoms with Crippen molar-refractivity contribution in [2.45, 2.75) is 19.0 Å². The smallest absolute Gasteiger partial charge is 0.323 e. The molecule has 0 aliphatic rings. The SMILES string of the molecule is COC(=O)[C@H](Cc1ccccc1)NCc1ccccc1.S. The van der Waals surface area contributed by atoms with E-state index in [0.717, 1.165) is 11.1 Å². The van der Waals surface area contributed by atoms with Gasteiger partial charge in [-0.05, 0) is 17.5 Å².